The molecule has 5 nitrogen and oxygen atoms in total. The van der Waals surface area contributed by atoms with Crippen molar-refractivity contribution in [3.8, 4) is 0 Å². The van der Waals surface area contributed by atoms with Gasteiger partial charge in [0.1, 0.15) is 11.9 Å². The molecule has 4 rings (SSSR count). The van der Waals surface area contributed by atoms with Crippen LogP contribution in [0, 0.1) is 0 Å². The zero-order valence-electron chi connectivity index (χ0n) is 18.4. The number of ether oxygens (including phenoxy) is 1. The molecule has 3 aromatic rings. The lowest BCUT2D eigenvalue weighted by atomic mass is 10.1. The van der Waals surface area contributed by atoms with Crippen molar-refractivity contribution in [3.05, 3.63) is 59.9 Å². The summed E-state index contributed by atoms with van der Waals surface area (Å²) in [6.07, 6.45) is 5.69. The van der Waals surface area contributed by atoms with Crippen LogP contribution in [0.3, 0.4) is 0 Å². The molecule has 1 fully saturated rings. The zero-order chi connectivity index (χ0) is 21.5. The number of imidazole rings is 1. The molecule has 1 aromatic heterocycles. The van der Waals surface area contributed by atoms with Gasteiger partial charge in [-0.1, -0.05) is 30.7 Å². The van der Waals surface area contributed by atoms with Gasteiger partial charge in [-0.15, -0.1) is 11.8 Å². The van der Waals surface area contributed by atoms with Crippen molar-refractivity contribution < 1.29 is 4.74 Å². The summed E-state index contributed by atoms with van der Waals surface area (Å²) in [6.45, 7) is 2.94. The van der Waals surface area contributed by atoms with Gasteiger partial charge in [-0.2, -0.15) is 0 Å². The number of hydrogen-bond acceptors (Lipinski definition) is 5. The van der Waals surface area contributed by atoms with Crippen LogP contribution in [0.5, 0.6) is 0 Å². The minimum Gasteiger partial charge on any atom is -0.362 e. The molecular formula is C25H34N4OS. The number of aromatic nitrogens is 2. The first-order valence-corrected chi connectivity index (χ1v) is 12.4. The van der Waals surface area contributed by atoms with E-state index in [1.54, 1.807) is 0 Å². The summed E-state index contributed by atoms with van der Waals surface area (Å²) in [5.74, 6) is 2.01. The first-order valence-electron chi connectivity index (χ1n) is 11.4. The number of aromatic amines is 1. The Labute approximate surface area is 189 Å². The molecule has 1 aliphatic heterocycles. The van der Waals surface area contributed by atoms with Crippen LogP contribution in [0.25, 0.3) is 11.0 Å². The first-order chi connectivity index (χ1) is 15.2. The summed E-state index contributed by atoms with van der Waals surface area (Å²) in [5.41, 5.74) is 8.82. The number of nitrogens with two attached hydrogens (primary N) is 1. The Bertz CT molecular complexity index is 918. The van der Waals surface area contributed by atoms with Crippen molar-refractivity contribution in [2.24, 2.45) is 5.73 Å². The maximum Gasteiger partial charge on any atom is 0.141 e. The number of thioether (sulfide) groups is 1. The number of unbranched alkanes of at least 4 members (excludes halogenated alkanes) is 2. The molecule has 0 radical (unpaired) electrons. The normalized spacial score (nSPS) is 16.7. The maximum absolute atomic E-state index is 6.71. The summed E-state index contributed by atoms with van der Waals surface area (Å²) in [5, 5.41) is 0. The summed E-state index contributed by atoms with van der Waals surface area (Å²) >= 11 is 1.92. The molecule has 0 bridgehead atoms. The fourth-order valence-corrected chi connectivity index (χ4v) is 5.07. The molecule has 6 heteroatoms. The lowest BCUT2D eigenvalue weighted by molar-refractivity contribution is -0.0264. The third-order valence-corrected chi connectivity index (χ3v) is 7.01. The van der Waals surface area contributed by atoms with E-state index in [1.165, 1.54) is 23.3 Å². The predicted octanol–water partition coefficient (Wildman–Crippen LogP) is 4.98. The first kappa shape index (κ1) is 22.3. The highest BCUT2D eigenvalue weighted by Crippen LogP contribution is 2.32. The smallest absolute Gasteiger partial charge is 0.141 e. The summed E-state index contributed by atoms with van der Waals surface area (Å²) in [7, 11) is 2.18. The van der Waals surface area contributed by atoms with E-state index >= 15 is 0 Å². The van der Waals surface area contributed by atoms with E-state index in [1.807, 2.05) is 23.9 Å². The molecule has 31 heavy (non-hydrogen) atoms. The molecule has 0 aliphatic carbocycles. The molecule has 166 valence electrons. The van der Waals surface area contributed by atoms with E-state index in [0.29, 0.717) is 0 Å². The van der Waals surface area contributed by atoms with Gasteiger partial charge in [0.05, 0.1) is 17.1 Å². The van der Waals surface area contributed by atoms with Crippen LogP contribution in [-0.4, -0.2) is 53.4 Å². The molecule has 0 spiro atoms. The predicted molar refractivity (Wildman–Crippen MR) is 130 cm³/mol. The molecule has 3 N–H and O–H groups in total. The second kappa shape index (κ2) is 11.1. The molecule has 2 heterocycles. The van der Waals surface area contributed by atoms with Crippen molar-refractivity contribution in [1.29, 1.82) is 0 Å². The van der Waals surface area contributed by atoms with Gasteiger partial charge >= 0.3 is 0 Å². The quantitative estimate of drug-likeness (QED) is 0.345. The Balaban J connectivity index is 1.54. The average Bonchev–Trinajstić information content (AvgIpc) is 3.23. The molecule has 2 aromatic carbocycles. The van der Waals surface area contributed by atoms with E-state index in [9.17, 15) is 0 Å². The highest BCUT2D eigenvalue weighted by molar-refractivity contribution is 7.99. The van der Waals surface area contributed by atoms with Crippen molar-refractivity contribution >= 4 is 22.8 Å². The second-order valence-corrected chi connectivity index (χ2v) is 9.60. The van der Waals surface area contributed by atoms with Crippen LogP contribution in [0.4, 0.5) is 0 Å². The largest absolute Gasteiger partial charge is 0.362 e. The Morgan fingerprint density at radius 2 is 1.97 bits per heavy atom. The van der Waals surface area contributed by atoms with Crippen molar-refractivity contribution in [1.82, 2.24) is 14.9 Å². The Morgan fingerprint density at radius 1 is 1.13 bits per heavy atom. The number of rotatable bonds is 10. The van der Waals surface area contributed by atoms with E-state index in [2.05, 4.69) is 53.3 Å². The number of fused-ring (bicyclic) bond motifs is 1. The number of likely N-dealkylation sites (tertiary alicyclic amines) is 1. The summed E-state index contributed by atoms with van der Waals surface area (Å²) in [4.78, 5) is 12.1. The monoisotopic (exact) mass is 438 g/mol. The number of benzene rings is 2. The Morgan fingerprint density at radius 3 is 2.77 bits per heavy atom. The lowest BCUT2D eigenvalue weighted by Crippen LogP contribution is -2.35. The van der Waals surface area contributed by atoms with Crippen molar-refractivity contribution in [2.45, 2.75) is 49.2 Å². The highest BCUT2D eigenvalue weighted by atomic mass is 32.2. The van der Waals surface area contributed by atoms with Crippen molar-refractivity contribution in [3.63, 3.8) is 0 Å². The van der Waals surface area contributed by atoms with Gasteiger partial charge in [-0.05, 0) is 74.9 Å². The van der Waals surface area contributed by atoms with Gasteiger partial charge in [-0.3, -0.25) is 0 Å². The van der Waals surface area contributed by atoms with E-state index in [0.717, 1.165) is 61.5 Å². The summed E-state index contributed by atoms with van der Waals surface area (Å²) < 4.78 is 6.71. The van der Waals surface area contributed by atoms with Crippen LogP contribution in [0.15, 0.2) is 53.4 Å². The van der Waals surface area contributed by atoms with Gasteiger partial charge < -0.3 is 20.4 Å². The Kier molecular flexibility index (Phi) is 8.03. The molecular weight excluding hydrogens is 404 g/mol. The standard InChI is InChI=1S/C25H34N4OS/c1-29-15-12-20(13-16-29)30-24(25-27-22-10-3-4-11-23(22)28-25)19-8-7-9-21(18-19)31-17-6-2-5-14-26/h3-4,7-11,18,20,24H,2,5-6,12-17,26H2,1H3,(H,27,28). The van der Waals surface area contributed by atoms with Crippen molar-refractivity contribution in [2.75, 3.05) is 32.4 Å². The Hall–Kier alpha value is -1.86. The molecule has 1 aliphatic rings. The van der Waals surface area contributed by atoms with Gasteiger partial charge in [0.2, 0.25) is 0 Å². The third kappa shape index (κ3) is 6.10. The molecule has 1 atom stereocenters. The topological polar surface area (TPSA) is 67.2 Å². The van der Waals surface area contributed by atoms with Crippen LogP contribution >= 0.6 is 11.8 Å². The van der Waals surface area contributed by atoms with Crippen LogP contribution in [-0.2, 0) is 4.74 Å². The number of nitrogens with zero attached hydrogens (tertiary/aromatic N) is 2. The van der Waals surface area contributed by atoms with Gasteiger partial charge in [0.25, 0.3) is 0 Å². The minimum absolute atomic E-state index is 0.182. The minimum atomic E-state index is -0.182. The van der Waals surface area contributed by atoms with Crippen LogP contribution in [0.1, 0.15) is 49.6 Å². The number of nitrogens with one attached hydrogen (secondary N) is 1. The highest BCUT2D eigenvalue weighted by Gasteiger charge is 2.26. The van der Waals surface area contributed by atoms with Gasteiger partial charge in [-0.25, -0.2) is 4.98 Å². The zero-order valence-corrected chi connectivity index (χ0v) is 19.2. The number of hydrogen-bond donors (Lipinski definition) is 2. The molecule has 1 saturated heterocycles. The second-order valence-electron chi connectivity index (χ2n) is 8.43. The fraction of sp³-hybridized carbons (Fsp3) is 0.480. The van der Waals surface area contributed by atoms with Gasteiger partial charge in [0, 0.05) is 18.0 Å². The van der Waals surface area contributed by atoms with E-state index < -0.39 is 0 Å². The average molecular weight is 439 g/mol. The molecule has 0 saturated carbocycles. The van der Waals surface area contributed by atoms with E-state index in [-0.39, 0.29) is 12.2 Å². The maximum atomic E-state index is 6.71. The van der Waals surface area contributed by atoms with E-state index in [4.69, 9.17) is 15.5 Å². The number of para-hydroxylation sites is 2. The SMILES string of the molecule is CN1CCC(OC(c2cccc(SCCCCCN)c2)c2nc3ccccc3[nH]2)CC1. The van der Waals surface area contributed by atoms with Gasteiger partial charge in [0.15, 0.2) is 0 Å². The summed E-state index contributed by atoms with van der Waals surface area (Å²) in [6, 6.07) is 17.0. The third-order valence-electron chi connectivity index (χ3n) is 5.93. The number of H-pyrrole nitrogens is 1. The molecule has 1 unspecified atom stereocenters. The molecule has 0 amide bonds. The number of piperidine rings is 1. The van der Waals surface area contributed by atoms with Crippen LogP contribution in [0.2, 0.25) is 0 Å². The lowest BCUT2D eigenvalue weighted by Gasteiger charge is -2.31. The van der Waals surface area contributed by atoms with Crippen LogP contribution < -0.4 is 5.73 Å². The fourth-order valence-electron chi connectivity index (χ4n) is 4.09.